The lowest BCUT2D eigenvalue weighted by Crippen LogP contribution is -2.00. The van der Waals surface area contributed by atoms with Gasteiger partial charge in [-0.3, -0.25) is 5.10 Å². The molecule has 0 bridgehead atoms. The summed E-state index contributed by atoms with van der Waals surface area (Å²) in [6, 6.07) is 18.5. The lowest BCUT2D eigenvalue weighted by molar-refractivity contribution is 1.09. The first-order valence-electron chi connectivity index (χ1n) is 6.40. The van der Waals surface area contributed by atoms with Gasteiger partial charge in [-0.05, 0) is 29.8 Å². The zero-order valence-electron chi connectivity index (χ0n) is 10.8. The first-order chi connectivity index (χ1) is 9.83. The fourth-order valence-electron chi connectivity index (χ4n) is 2.05. The van der Waals surface area contributed by atoms with Crippen molar-refractivity contribution in [3.63, 3.8) is 0 Å². The minimum absolute atomic E-state index is 0.786. The number of hydrogen-bond donors (Lipinski definition) is 2. The van der Waals surface area contributed by atoms with Gasteiger partial charge in [0.15, 0.2) is 0 Å². The molecule has 1 aromatic heterocycles. The molecule has 3 nitrogen and oxygen atoms in total. The van der Waals surface area contributed by atoms with Gasteiger partial charge in [0, 0.05) is 28.5 Å². The number of H-pyrrole nitrogens is 1. The van der Waals surface area contributed by atoms with Gasteiger partial charge in [-0.2, -0.15) is 5.10 Å². The van der Waals surface area contributed by atoms with Crippen molar-refractivity contribution in [3.05, 3.63) is 70.8 Å². The number of rotatable bonds is 4. The zero-order valence-corrected chi connectivity index (χ0v) is 12.4. The molecule has 0 saturated carbocycles. The Hall–Kier alpha value is -2.07. The van der Waals surface area contributed by atoms with Crippen LogP contribution in [0.4, 0.5) is 5.69 Å². The van der Waals surface area contributed by atoms with Crippen molar-refractivity contribution >= 4 is 21.6 Å². The monoisotopic (exact) mass is 327 g/mol. The molecule has 0 radical (unpaired) electrons. The van der Waals surface area contributed by atoms with Crippen LogP contribution in [0.1, 0.15) is 5.56 Å². The normalized spacial score (nSPS) is 10.4. The number of aromatic amines is 1. The van der Waals surface area contributed by atoms with Crippen LogP contribution in [0, 0.1) is 0 Å². The first-order valence-corrected chi connectivity index (χ1v) is 7.19. The Morgan fingerprint density at radius 3 is 2.75 bits per heavy atom. The van der Waals surface area contributed by atoms with Gasteiger partial charge in [-0.15, -0.1) is 0 Å². The Morgan fingerprint density at radius 2 is 1.95 bits per heavy atom. The molecule has 2 N–H and O–H groups in total. The Balaban J connectivity index is 1.75. The number of hydrogen-bond acceptors (Lipinski definition) is 2. The van der Waals surface area contributed by atoms with Gasteiger partial charge in [0.05, 0.1) is 5.69 Å². The predicted molar refractivity (Wildman–Crippen MR) is 85.5 cm³/mol. The third-order valence-corrected chi connectivity index (χ3v) is 3.89. The lowest BCUT2D eigenvalue weighted by atomic mass is 10.1. The fourth-order valence-corrected chi connectivity index (χ4v) is 2.48. The van der Waals surface area contributed by atoms with Crippen LogP contribution >= 0.6 is 15.9 Å². The van der Waals surface area contributed by atoms with E-state index in [2.05, 4.69) is 61.8 Å². The molecule has 0 amide bonds. The summed E-state index contributed by atoms with van der Waals surface area (Å²) in [5.41, 5.74) is 4.47. The second-order valence-corrected chi connectivity index (χ2v) is 5.35. The molecule has 0 spiro atoms. The molecule has 2 aromatic carbocycles. The van der Waals surface area contributed by atoms with Crippen molar-refractivity contribution < 1.29 is 0 Å². The van der Waals surface area contributed by atoms with Crippen LogP contribution in [0.2, 0.25) is 0 Å². The minimum atomic E-state index is 0.786. The van der Waals surface area contributed by atoms with Gasteiger partial charge in [-0.25, -0.2) is 0 Å². The fraction of sp³-hybridized carbons (Fsp3) is 0.0625. The average molecular weight is 328 g/mol. The highest BCUT2D eigenvalue weighted by Gasteiger charge is 2.01. The number of anilines is 1. The van der Waals surface area contributed by atoms with E-state index in [4.69, 9.17) is 0 Å². The third-order valence-electron chi connectivity index (χ3n) is 3.12. The second-order valence-electron chi connectivity index (χ2n) is 4.50. The molecule has 0 atom stereocenters. The van der Waals surface area contributed by atoms with Crippen LogP contribution in [0.3, 0.4) is 0 Å². The molecule has 3 rings (SSSR count). The van der Waals surface area contributed by atoms with E-state index >= 15 is 0 Å². The molecule has 100 valence electrons. The van der Waals surface area contributed by atoms with Crippen molar-refractivity contribution in [2.75, 3.05) is 5.32 Å². The maximum absolute atomic E-state index is 3.98. The highest BCUT2D eigenvalue weighted by molar-refractivity contribution is 9.10. The number of halogens is 1. The molecule has 0 aliphatic rings. The predicted octanol–water partition coefficient (Wildman–Crippen LogP) is 4.45. The molecule has 3 aromatic rings. The first kappa shape index (κ1) is 12.9. The van der Waals surface area contributed by atoms with E-state index in [-0.39, 0.29) is 0 Å². The Bertz CT molecular complexity index is 692. The van der Waals surface area contributed by atoms with Gasteiger partial charge in [0.25, 0.3) is 0 Å². The van der Waals surface area contributed by atoms with E-state index in [0.717, 1.165) is 28.0 Å². The summed E-state index contributed by atoms with van der Waals surface area (Å²) in [5, 5.41) is 10.4. The minimum Gasteiger partial charge on any atom is -0.381 e. The summed E-state index contributed by atoms with van der Waals surface area (Å²) in [6.45, 7) is 0.786. The van der Waals surface area contributed by atoms with E-state index in [1.165, 1.54) is 5.56 Å². The molecule has 1 heterocycles. The summed E-state index contributed by atoms with van der Waals surface area (Å²) in [5.74, 6) is 0. The maximum atomic E-state index is 3.98. The van der Waals surface area contributed by atoms with Gasteiger partial charge in [-0.1, -0.05) is 46.3 Å². The van der Waals surface area contributed by atoms with Crippen LogP contribution in [-0.2, 0) is 6.54 Å². The third kappa shape index (κ3) is 2.91. The summed E-state index contributed by atoms with van der Waals surface area (Å²) in [6.07, 6.45) is 1.76. The van der Waals surface area contributed by atoms with Crippen molar-refractivity contribution in [2.24, 2.45) is 0 Å². The summed E-state index contributed by atoms with van der Waals surface area (Å²) < 4.78 is 1.12. The molecule has 20 heavy (non-hydrogen) atoms. The topological polar surface area (TPSA) is 40.7 Å². The number of aromatic nitrogens is 2. The molecular weight excluding hydrogens is 314 g/mol. The summed E-state index contributed by atoms with van der Waals surface area (Å²) >= 11 is 3.56. The van der Waals surface area contributed by atoms with Crippen molar-refractivity contribution in [1.29, 1.82) is 0 Å². The highest BCUT2D eigenvalue weighted by Crippen LogP contribution is 2.22. The molecule has 0 aliphatic heterocycles. The van der Waals surface area contributed by atoms with Crippen LogP contribution in [0.5, 0.6) is 0 Å². The van der Waals surface area contributed by atoms with Gasteiger partial charge >= 0.3 is 0 Å². The largest absolute Gasteiger partial charge is 0.381 e. The van der Waals surface area contributed by atoms with E-state index in [1.807, 2.05) is 24.3 Å². The van der Waals surface area contributed by atoms with Crippen molar-refractivity contribution in [1.82, 2.24) is 10.2 Å². The molecule has 0 aliphatic carbocycles. The Kier molecular flexibility index (Phi) is 3.83. The zero-order chi connectivity index (χ0) is 13.8. The summed E-state index contributed by atoms with van der Waals surface area (Å²) in [7, 11) is 0. The van der Waals surface area contributed by atoms with Crippen LogP contribution in [-0.4, -0.2) is 10.2 Å². The number of benzene rings is 2. The molecule has 4 heteroatoms. The van der Waals surface area contributed by atoms with Gasteiger partial charge in [0.2, 0.25) is 0 Å². The summed E-state index contributed by atoms with van der Waals surface area (Å²) in [4.78, 5) is 0. The number of nitrogens with zero attached hydrogens (tertiary/aromatic N) is 1. The highest BCUT2D eigenvalue weighted by atomic mass is 79.9. The second kappa shape index (κ2) is 5.92. The van der Waals surface area contributed by atoms with Crippen LogP contribution in [0.25, 0.3) is 11.3 Å². The molecule has 0 saturated heterocycles. The van der Waals surface area contributed by atoms with E-state index in [0.29, 0.717) is 0 Å². The van der Waals surface area contributed by atoms with E-state index in [9.17, 15) is 0 Å². The standard InChI is InChI=1S/C16H14BrN3/c17-15-7-2-1-4-13(15)11-18-14-6-3-5-12(10-14)16-8-9-19-20-16/h1-10,18H,11H2,(H,19,20). The SMILES string of the molecule is Brc1ccccc1CNc1cccc(-c2ccn[nH]2)c1. The van der Waals surface area contributed by atoms with Crippen LogP contribution in [0.15, 0.2) is 65.3 Å². The lowest BCUT2D eigenvalue weighted by Gasteiger charge is -2.09. The molecule has 0 unspecified atom stereocenters. The number of nitrogens with one attached hydrogen (secondary N) is 2. The van der Waals surface area contributed by atoms with Crippen molar-refractivity contribution in [2.45, 2.75) is 6.54 Å². The van der Waals surface area contributed by atoms with Crippen molar-refractivity contribution in [3.8, 4) is 11.3 Å². The quantitative estimate of drug-likeness (QED) is 0.743. The molecule has 0 fully saturated rings. The van der Waals surface area contributed by atoms with Gasteiger partial charge in [0.1, 0.15) is 0 Å². The maximum Gasteiger partial charge on any atom is 0.0650 e. The Morgan fingerprint density at radius 1 is 1.05 bits per heavy atom. The van der Waals surface area contributed by atoms with E-state index in [1.54, 1.807) is 6.20 Å². The molecular formula is C16H14BrN3. The average Bonchev–Trinajstić information content (AvgIpc) is 3.01. The van der Waals surface area contributed by atoms with Crippen LogP contribution < -0.4 is 5.32 Å². The van der Waals surface area contributed by atoms with Gasteiger partial charge < -0.3 is 5.32 Å². The Labute approximate surface area is 126 Å². The van der Waals surface area contributed by atoms with E-state index < -0.39 is 0 Å². The smallest absolute Gasteiger partial charge is 0.0650 e.